The molecule has 2 fully saturated rings. The lowest BCUT2D eigenvalue weighted by atomic mass is 9.94. The van der Waals surface area contributed by atoms with Gasteiger partial charge in [0.2, 0.25) is 11.8 Å². The van der Waals surface area contributed by atoms with Crippen molar-refractivity contribution < 1.29 is 23.8 Å². The lowest BCUT2D eigenvalue weighted by Crippen LogP contribution is -2.59. The standard InChI is InChI=1S/C19H26N2O5/c1-24-13-18(22)20-8-4-5-14(10-20)19(23)21-11-17(12-21)26-16-7-3-6-15(9-16)25-2/h3,6-7,9,14,17H,4-5,8,10-13H2,1-2H3. The maximum atomic E-state index is 12.7. The van der Waals surface area contributed by atoms with Gasteiger partial charge in [0.1, 0.15) is 24.2 Å². The third kappa shape index (κ3) is 4.27. The molecule has 0 N–H and O–H groups in total. The zero-order valence-electron chi connectivity index (χ0n) is 15.3. The van der Waals surface area contributed by atoms with Gasteiger partial charge in [-0.2, -0.15) is 0 Å². The average Bonchev–Trinajstić information content (AvgIpc) is 2.64. The second-order valence-electron chi connectivity index (χ2n) is 6.77. The van der Waals surface area contributed by atoms with E-state index in [-0.39, 0.29) is 30.4 Å². The maximum Gasteiger partial charge on any atom is 0.248 e. The first-order chi connectivity index (χ1) is 12.6. The zero-order chi connectivity index (χ0) is 18.5. The van der Waals surface area contributed by atoms with Crippen LogP contribution in [0.15, 0.2) is 24.3 Å². The summed E-state index contributed by atoms with van der Waals surface area (Å²) in [5.41, 5.74) is 0. The van der Waals surface area contributed by atoms with Gasteiger partial charge in [-0.25, -0.2) is 0 Å². The minimum absolute atomic E-state index is 0.000808. The summed E-state index contributed by atoms with van der Waals surface area (Å²) in [6.45, 7) is 2.42. The van der Waals surface area contributed by atoms with Crippen LogP contribution in [0.4, 0.5) is 0 Å². The Balaban J connectivity index is 1.47. The van der Waals surface area contributed by atoms with Gasteiger partial charge in [0.15, 0.2) is 0 Å². The number of carbonyl (C=O) groups excluding carboxylic acids is 2. The summed E-state index contributed by atoms with van der Waals surface area (Å²) >= 11 is 0. The highest BCUT2D eigenvalue weighted by atomic mass is 16.5. The molecule has 2 saturated heterocycles. The molecule has 2 amide bonds. The SMILES string of the molecule is COCC(=O)N1CCCC(C(=O)N2CC(Oc3cccc(OC)c3)C2)C1. The van der Waals surface area contributed by atoms with Gasteiger partial charge in [-0.1, -0.05) is 6.07 Å². The molecule has 0 aliphatic carbocycles. The van der Waals surface area contributed by atoms with Crippen molar-refractivity contribution in [2.24, 2.45) is 5.92 Å². The molecule has 2 aliphatic heterocycles. The number of benzene rings is 1. The molecule has 0 bridgehead atoms. The Morgan fingerprint density at radius 1 is 1.12 bits per heavy atom. The van der Waals surface area contributed by atoms with E-state index >= 15 is 0 Å². The lowest BCUT2D eigenvalue weighted by Gasteiger charge is -2.42. The number of hydrogen-bond acceptors (Lipinski definition) is 5. The first-order valence-electron chi connectivity index (χ1n) is 8.97. The zero-order valence-corrected chi connectivity index (χ0v) is 15.3. The van der Waals surface area contributed by atoms with Crippen LogP contribution < -0.4 is 9.47 Å². The molecule has 2 aliphatic rings. The van der Waals surface area contributed by atoms with Gasteiger partial charge in [0.05, 0.1) is 26.1 Å². The molecule has 0 aromatic heterocycles. The van der Waals surface area contributed by atoms with Crippen molar-refractivity contribution in [1.82, 2.24) is 9.80 Å². The number of amides is 2. The van der Waals surface area contributed by atoms with Gasteiger partial charge < -0.3 is 24.0 Å². The Morgan fingerprint density at radius 2 is 1.88 bits per heavy atom. The van der Waals surface area contributed by atoms with Crippen LogP contribution in [0.5, 0.6) is 11.5 Å². The van der Waals surface area contributed by atoms with Crippen molar-refractivity contribution in [3.8, 4) is 11.5 Å². The third-order valence-corrected chi connectivity index (χ3v) is 4.89. The van der Waals surface area contributed by atoms with E-state index < -0.39 is 0 Å². The predicted molar refractivity (Wildman–Crippen MR) is 95.2 cm³/mol. The molecule has 2 heterocycles. The van der Waals surface area contributed by atoms with Gasteiger partial charge in [-0.3, -0.25) is 9.59 Å². The van der Waals surface area contributed by atoms with Crippen LogP contribution in [0, 0.1) is 5.92 Å². The highest BCUT2D eigenvalue weighted by molar-refractivity contribution is 5.82. The fourth-order valence-electron chi connectivity index (χ4n) is 3.44. The normalized spacial score (nSPS) is 20.5. The first-order valence-corrected chi connectivity index (χ1v) is 8.97. The summed E-state index contributed by atoms with van der Waals surface area (Å²) in [7, 11) is 3.13. The van der Waals surface area contributed by atoms with Crippen LogP contribution in [0.3, 0.4) is 0 Å². The highest BCUT2D eigenvalue weighted by Gasteiger charge is 2.38. The van der Waals surface area contributed by atoms with Crippen molar-refractivity contribution in [3.63, 3.8) is 0 Å². The molecule has 1 atom stereocenters. The van der Waals surface area contributed by atoms with Crippen molar-refractivity contribution in [2.75, 3.05) is 47.0 Å². The van der Waals surface area contributed by atoms with Crippen molar-refractivity contribution in [3.05, 3.63) is 24.3 Å². The highest BCUT2D eigenvalue weighted by Crippen LogP contribution is 2.25. The Hall–Kier alpha value is -2.28. The summed E-state index contributed by atoms with van der Waals surface area (Å²) in [5.74, 6) is 1.44. The van der Waals surface area contributed by atoms with Crippen molar-refractivity contribution in [1.29, 1.82) is 0 Å². The summed E-state index contributed by atoms with van der Waals surface area (Å²) in [6.07, 6.45) is 1.68. The van der Waals surface area contributed by atoms with Crippen LogP contribution in [-0.2, 0) is 14.3 Å². The second kappa shape index (κ2) is 8.40. The van der Waals surface area contributed by atoms with Crippen molar-refractivity contribution >= 4 is 11.8 Å². The van der Waals surface area contributed by atoms with E-state index in [1.54, 1.807) is 12.0 Å². The Bertz CT molecular complexity index is 645. The van der Waals surface area contributed by atoms with Gasteiger partial charge in [0.25, 0.3) is 0 Å². The fourth-order valence-corrected chi connectivity index (χ4v) is 3.44. The molecular weight excluding hydrogens is 336 g/mol. The van der Waals surface area contributed by atoms with E-state index in [4.69, 9.17) is 14.2 Å². The van der Waals surface area contributed by atoms with Gasteiger partial charge in [0, 0.05) is 26.3 Å². The number of nitrogens with zero attached hydrogens (tertiary/aromatic N) is 2. The van der Waals surface area contributed by atoms with Gasteiger partial charge in [-0.15, -0.1) is 0 Å². The molecule has 0 spiro atoms. The first kappa shape index (κ1) is 18.5. The van der Waals surface area contributed by atoms with Crippen LogP contribution >= 0.6 is 0 Å². The van der Waals surface area contributed by atoms with E-state index in [2.05, 4.69) is 0 Å². The molecule has 26 heavy (non-hydrogen) atoms. The lowest BCUT2D eigenvalue weighted by molar-refractivity contribution is -0.148. The minimum atomic E-state index is -0.123. The summed E-state index contributed by atoms with van der Waals surface area (Å²) < 4.78 is 16.0. The number of rotatable bonds is 6. The van der Waals surface area contributed by atoms with Crippen molar-refractivity contribution in [2.45, 2.75) is 18.9 Å². The van der Waals surface area contributed by atoms with E-state index in [0.29, 0.717) is 26.2 Å². The third-order valence-electron chi connectivity index (χ3n) is 4.89. The molecule has 0 saturated carbocycles. The largest absolute Gasteiger partial charge is 0.497 e. The number of methoxy groups -OCH3 is 2. The van der Waals surface area contributed by atoms with E-state index in [9.17, 15) is 9.59 Å². The van der Waals surface area contributed by atoms with Crippen LogP contribution in [0.25, 0.3) is 0 Å². The minimum Gasteiger partial charge on any atom is -0.497 e. The van der Waals surface area contributed by atoms with E-state index in [1.165, 1.54) is 7.11 Å². The summed E-state index contributed by atoms with van der Waals surface area (Å²) in [5, 5.41) is 0. The van der Waals surface area contributed by atoms with Crippen LogP contribution in [0.2, 0.25) is 0 Å². The number of hydrogen-bond donors (Lipinski definition) is 0. The molecular formula is C19H26N2O5. The van der Waals surface area contributed by atoms with Crippen LogP contribution in [0.1, 0.15) is 12.8 Å². The number of piperidine rings is 1. The maximum absolute atomic E-state index is 12.7. The Morgan fingerprint density at radius 3 is 2.62 bits per heavy atom. The fraction of sp³-hybridized carbons (Fsp3) is 0.579. The van der Waals surface area contributed by atoms with Crippen LogP contribution in [-0.4, -0.2) is 74.7 Å². The molecule has 1 aromatic carbocycles. The monoisotopic (exact) mass is 362 g/mol. The summed E-state index contributed by atoms with van der Waals surface area (Å²) in [6, 6.07) is 7.46. The average molecular weight is 362 g/mol. The molecule has 0 radical (unpaired) electrons. The molecule has 7 heteroatoms. The molecule has 1 unspecified atom stereocenters. The molecule has 1 aromatic rings. The molecule has 3 rings (SSSR count). The van der Waals surface area contributed by atoms with E-state index in [1.807, 2.05) is 29.2 Å². The number of carbonyl (C=O) groups is 2. The predicted octanol–water partition coefficient (Wildman–Crippen LogP) is 1.17. The summed E-state index contributed by atoms with van der Waals surface area (Å²) in [4.78, 5) is 28.2. The number of ether oxygens (including phenoxy) is 3. The van der Waals surface area contributed by atoms with Gasteiger partial charge >= 0.3 is 0 Å². The van der Waals surface area contributed by atoms with E-state index in [0.717, 1.165) is 24.3 Å². The molecule has 142 valence electrons. The smallest absolute Gasteiger partial charge is 0.248 e. The Kier molecular flexibility index (Phi) is 5.98. The quantitative estimate of drug-likeness (QED) is 0.760. The number of likely N-dealkylation sites (tertiary alicyclic amines) is 2. The van der Waals surface area contributed by atoms with Gasteiger partial charge in [-0.05, 0) is 25.0 Å². The molecule has 7 nitrogen and oxygen atoms in total. The topological polar surface area (TPSA) is 68.3 Å². The Labute approximate surface area is 153 Å². The second-order valence-corrected chi connectivity index (χ2v) is 6.77.